The van der Waals surface area contributed by atoms with Crippen LogP contribution in [0.4, 0.5) is 5.69 Å². The third-order valence-corrected chi connectivity index (χ3v) is 6.66. The number of nitrogens with zero attached hydrogens (tertiary/aromatic N) is 4. The maximum atomic E-state index is 13.8. The number of ether oxygens (including phenoxy) is 2. The number of aryl methyl sites for hydroxylation is 1. The standard InChI is InChI=1S/C30H31BrN4O5/c1-7-39-27-12-19(6)24(15-23(27)17(2)3)29-33-25-11-9-8-10-22(25)30(36)34(29)32-16-20-13-21(31)14-26(35(37)38)28(20)40-18(4)5/h8-18H,7H2,1-6H3. The van der Waals surface area contributed by atoms with Gasteiger partial charge in [-0.1, -0.05) is 41.9 Å². The van der Waals surface area contributed by atoms with Gasteiger partial charge in [-0.05, 0) is 75.1 Å². The molecule has 0 fully saturated rings. The van der Waals surface area contributed by atoms with Crippen LogP contribution in [0.15, 0.2) is 62.9 Å². The zero-order chi connectivity index (χ0) is 29.1. The molecule has 0 aliphatic heterocycles. The third kappa shape index (κ3) is 5.91. The van der Waals surface area contributed by atoms with E-state index in [2.05, 4.69) is 34.9 Å². The number of nitro groups is 1. The van der Waals surface area contributed by atoms with E-state index in [1.807, 2.05) is 32.0 Å². The fourth-order valence-electron chi connectivity index (χ4n) is 4.39. The number of fused-ring (bicyclic) bond motifs is 1. The molecule has 0 amide bonds. The molecule has 4 rings (SSSR count). The molecule has 4 aromatic rings. The van der Waals surface area contributed by atoms with Crippen molar-refractivity contribution in [3.05, 3.63) is 90.2 Å². The minimum atomic E-state index is -0.508. The Morgan fingerprint density at radius 2 is 1.88 bits per heavy atom. The van der Waals surface area contributed by atoms with Crippen molar-refractivity contribution >= 4 is 38.7 Å². The van der Waals surface area contributed by atoms with Gasteiger partial charge in [0.25, 0.3) is 5.56 Å². The van der Waals surface area contributed by atoms with Gasteiger partial charge in [-0.3, -0.25) is 14.9 Å². The van der Waals surface area contributed by atoms with E-state index in [1.54, 1.807) is 38.1 Å². The molecule has 0 N–H and O–H groups in total. The van der Waals surface area contributed by atoms with E-state index in [4.69, 9.17) is 14.5 Å². The maximum Gasteiger partial charge on any atom is 0.312 e. The average Bonchev–Trinajstić information content (AvgIpc) is 2.89. The summed E-state index contributed by atoms with van der Waals surface area (Å²) < 4.78 is 13.4. The molecule has 0 radical (unpaired) electrons. The van der Waals surface area contributed by atoms with E-state index in [9.17, 15) is 14.9 Å². The van der Waals surface area contributed by atoms with Crippen LogP contribution in [0, 0.1) is 17.0 Å². The van der Waals surface area contributed by atoms with Crippen molar-refractivity contribution in [1.29, 1.82) is 0 Å². The van der Waals surface area contributed by atoms with Crippen molar-refractivity contribution in [2.24, 2.45) is 5.10 Å². The molecule has 1 aromatic heterocycles. The van der Waals surface area contributed by atoms with Crippen LogP contribution in [0.25, 0.3) is 22.3 Å². The highest BCUT2D eigenvalue weighted by molar-refractivity contribution is 9.10. The Hall–Kier alpha value is -4.05. The molecule has 0 bridgehead atoms. The molecule has 0 aliphatic rings. The van der Waals surface area contributed by atoms with Crippen molar-refractivity contribution in [2.75, 3.05) is 6.61 Å². The monoisotopic (exact) mass is 606 g/mol. The molecule has 208 valence electrons. The number of rotatable bonds is 9. The Kier molecular flexibility index (Phi) is 8.68. The van der Waals surface area contributed by atoms with Gasteiger partial charge >= 0.3 is 5.69 Å². The largest absolute Gasteiger partial charge is 0.494 e. The maximum absolute atomic E-state index is 13.8. The predicted molar refractivity (Wildman–Crippen MR) is 161 cm³/mol. The van der Waals surface area contributed by atoms with E-state index in [0.29, 0.717) is 33.4 Å². The molecule has 0 saturated carbocycles. The summed E-state index contributed by atoms with van der Waals surface area (Å²) >= 11 is 3.34. The van der Waals surface area contributed by atoms with E-state index < -0.39 is 4.92 Å². The van der Waals surface area contributed by atoms with Gasteiger partial charge in [-0.25, -0.2) is 4.98 Å². The second kappa shape index (κ2) is 12.0. The van der Waals surface area contributed by atoms with Crippen molar-refractivity contribution in [2.45, 2.75) is 53.6 Å². The minimum Gasteiger partial charge on any atom is -0.494 e. The second-order valence-electron chi connectivity index (χ2n) is 9.87. The molecule has 0 atom stereocenters. The first-order valence-electron chi connectivity index (χ1n) is 13.0. The number of para-hydroxylation sites is 1. The van der Waals surface area contributed by atoms with Crippen LogP contribution in [0.3, 0.4) is 0 Å². The minimum absolute atomic E-state index is 0.0645. The Morgan fingerprint density at radius 3 is 2.52 bits per heavy atom. The van der Waals surface area contributed by atoms with E-state index >= 15 is 0 Å². The van der Waals surface area contributed by atoms with Gasteiger partial charge in [-0.2, -0.15) is 9.78 Å². The molecule has 0 unspecified atom stereocenters. The first-order valence-corrected chi connectivity index (χ1v) is 13.8. The molecule has 10 heteroatoms. The van der Waals surface area contributed by atoms with Crippen LogP contribution in [0.5, 0.6) is 11.5 Å². The molecule has 0 spiro atoms. The number of nitro benzene ring substituents is 1. The van der Waals surface area contributed by atoms with Crippen LogP contribution in [0.1, 0.15) is 57.2 Å². The Bertz CT molecular complexity index is 1680. The lowest BCUT2D eigenvalue weighted by Gasteiger charge is -2.18. The lowest BCUT2D eigenvalue weighted by atomic mass is 9.96. The zero-order valence-corrected chi connectivity index (χ0v) is 24.9. The molecule has 0 aliphatic carbocycles. The van der Waals surface area contributed by atoms with Gasteiger partial charge in [-0.15, -0.1) is 0 Å². The molecule has 3 aromatic carbocycles. The number of hydrogen-bond donors (Lipinski definition) is 0. The number of hydrogen-bond acceptors (Lipinski definition) is 7. The highest BCUT2D eigenvalue weighted by Gasteiger charge is 2.22. The number of aromatic nitrogens is 2. The first-order chi connectivity index (χ1) is 19.0. The van der Waals surface area contributed by atoms with Gasteiger partial charge in [0.15, 0.2) is 5.82 Å². The Labute approximate surface area is 240 Å². The Balaban J connectivity index is 2.01. The molecule has 9 nitrogen and oxygen atoms in total. The summed E-state index contributed by atoms with van der Waals surface area (Å²) in [4.78, 5) is 29.9. The fraction of sp³-hybridized carbons (Fsp3) is 0.300. The van der Waals surface area contributed by atoms with E-state index in [1.165, 1.54) is 17.0 Å². The van der Waals surface area contributed by atoms with Gasteiger partial charge in [0.1, 0.15) is 5.75 Å². The summed E-state index contributed by atoms with van der Waals surface area (Å²) in [5.74, 6) is 1.35. The van der Waals surface area contributed by atoms with E-state index in [-0.39, 0.29) is 29.0 Å². The summed E-state index contributed by atoms with van der Waals surface area (Å²) in [7, 11) is 0. The molecule has 1 heterocycles. The molecule has 0 saturated heterocycles. The fourth-order valence-corrected chi connectivity index (χ4v) is 4.85. The number of halogens is 1. The van der Waals surface area contributed by atoms with Crippen LogP contribution < -0.4 is 15.0 Å². The topological polar surface area (TPSA) is 109 Å². The lowest BCUT2D eigenvalue weighted by Crippen LogP contribution is -2.21. The lowest BCUT2D eigenvalue weighted by molar-refractivity contribution is -0.386. The number of benzene rings is 3. The summed E-state index contributed by atoms with van der Waals surface area (Å²) in [6.45, 7) is 12.1. The van der Waals surface area contributed by atoms with Gasteiger partial charge < -0.3 is 9.47 Å². The van der Waals surface area contributed by atoms with Crippen LogP contribution in [0.2, 0.25) is 0 Å². The van der Waals surface area contributed by atoms with Gasteiger partial charge in [0.05, 0.1) is 34.8 Å². The van der Waals surface area contributed by atoms with Gasteiger partial charge in [0.2, 0.25) is 5.75 Å². The summed E-state index contributed by atoms with van der Waals surface area (Å²) in [5.41, 5.74) is 2.87. The smallest absolute Gasteiger partial charge is 0.312 e. The van der Waals surface area contributed by atoms with Crippen molar-refractivity contribution < 1.29 is 14.4 Å². The quantitative estimate of drug-likeness (QED) is 0.113. The van der Waals surface area contributed by atoms with Crippen molar-refractivity contribution in [3.63, 3.8) is 0 Å². The summed E-state index contributed by atoms with van der Waals surface area (Å²) in [6.07, 6.45) is 1.07. The normalized spacial score (nSPS) is 11.6. The first kappa shape index (κ1) is 28.9. The molecular weight excluding hydrogens is 576 g/mol. The van der Waals surface area contributed by atoms with Crippen LogP contribution in [-0.4, -0.2) is 33.5 Å². The zero-order valence-electron chi connectivity index (χ0n) is 23.3. The van der Waals surface area contributed by atoms with Crippen LogP contribution in [-0.2, 0) is 0 Å². The molecule has 40 heavy (non-hydrogen) atoms. The Morgan fingerprint density at radius 1 is 1.15 bits per heavy atom. The van der Waals surface area contributed by atoms with Crippen molar-refractivity contribution in [3.8, 4) is 22.9 Å². The van der Waals surface area contributed by atoms with Crippen molar-refractivity contribution in [1.82, 2.24) is 9.66 Å². The third-order valence-electron chi connectivity index (χ3n) is 6.20. The SMILES string of the molecule is CCOc1cc(C)c(-c2nc3ccccc3c(=O)n2N=Cc2cc(Br)cc([N+](=O)[O-])c2OC(C)C)cc1C(C)C. The molecular formula is C30H31BrN4O5. The highest BCUT2D eigenvalue weighted by Crippen LogP contribution is 2.36. The average molecular weight is 608 g/mol. The summed E-state index contributed by atoms with van der Waals surface area (Å²) in [6, 6.07) is 14.1. The predicted octanol–water partition coefficient (Wildman–Crippen LogP) is 7.23. The highest BCUT2D eigenvalue weighted by atomic mass is 79.9. The van der Waals surface area contributed by atoms with Crippen LogP contribution >= 0.6 is 15.9 Å². The second-order valence-corrected chi connectivity index (χ2v) is 10.8. The van der Waals surface area contributed by atoms with Gasteiger partial charge in [0, 0.05) is 21.7 Å². The van der Waals surface area contributed by atoms with E-state index in [0.717, 1.165) is 22.4 Å². The summed E-state index contributed by atoms with van der Waals surface area (Å²) in [5, 5.41) is 16.8.